The zero-order valence-electron chi connectivity index (χ0n) is 9.57. The van der Waals surface area contributed by atoms with Crippen molar-refractivity contribution >= 4 is 11.9 Å². The average molecular weight is 229 g/mol. The lowest BCUT2D eigenvalue weighted by molar-refractivity contribution is -0.141. The Bertz CT molecular complexity index is 254. The molecule has 2 unspecified atom stereocenters. The van der Waals surface area contributed by atoms with Crippen molar-refractivity contribution in [2.45, 2.75) is 26.2 Å². The Labute approximate surface area is 95.2 Å². The van der Waals surface area contributed by atoms with E-state index in [1.165, 1.54) is 0 Å². The monoisotopic (exact) mass is 229 g/mol. The second-order valence-corrected chi connectivity index (χ2v) is 4.03. The van der Waals surface area contributed by atoms with Crippen LogP contribution in [0.15, 0.2) is 0 Å². The molecule has 1 amide bonds. The zero-order valence-corrected chi connectivity index (χ0v) is 9.57. The molecule has 5 heteroatoms. The molecule has 16 heavy (non-hydrogen) atoms. The molecule has 2 N–H and O–H groups in total. The lowest BCUT2D eigenvalue weighted by Crippen LogP contribution is -2.32. The Morgan fingerprint density at radius 1 is 1.38 bits per heavy atom. The molecule has 0 aromatic heterocycles. The summed E-state index contributed by atoms with van der Waals surface area (Å²) in [6, 6.07) is 0. The van der Waals surface area contributed by atoms with Crippen LogP contribution in [0.1, 0.15) is 26.2 Å². The molecule has 1 saturated carbocycles. The normalized spacial score (nSPS) is 24.3. The number of nitrogens with one attached hydrogen (secondary N) is 1. The molecular formula is C11H19NO4. The highest BCUT2D eigenvalue weighted by atomic mass is 16.5. The van der Waals surface area contributed by atoms with E-state index in [9.17, 15) is 9.59 Å². The Kier molecular flexibility index (Phi) is 5.25. The number of carboxylic acid groups (broad SMARTS) is 1. The predicted octanol–water partition coefficient (Wildman–Crippen LogP) is 0.640. The van der Waals surface area contributed by atoms with E-state index in [4.69, 9.17) is 9.84 Å². The summed E-state index contributed by atoms with van der Waals surface area (Å²) in [5.74, 6) is -1.31. The summed E-state index contributed by atoms with van der Waals surface area (Å²) in [7, 11) is 0. The van der Waals surface area contributed by atoms with E-state index in [0.29, 0.717) is 39.0 Å². The SMILES string of the molecule is CCOCCNC(=O)C1CCC(C(=O)O)C1. The number of hydrogen-bond donors (Lipinski definition) is 2. The van der Waals surface area contributed by atoms with Gasteiger partial charge in [0, 0.05) is 19.1 Å². The topological polar surface area (TPSA) is 75.6 Å². The molecule has 1 aliphatic carbocycles. The quantitative estimate of drug-likeness (QED) is 0.655. The minimum absolute atomic E-state index is 0.0385. The standard InChI is InChI=1S/C11H19NO4/c1-2-16-6-5-12-10(13)8-3-4-9(7-8)11(14)15/h8-9H,2-7H2,1H3,(H,12,13)(H,14,15). The van der Waals surface area contributed by atoms with E-state index >= 15 is 0 Å². The number of ether oxygens (including phenoxy) is 1. The smallest absolute Gasteiger partial charge is 0.306 e. The van der Waals surface area contributed by atoms with E-state index in [-0.39, 0.29) is 17.7 Å². The first-order valence-electron chi connectivity index (χ1n) is 5.73. The summed E-state index contributed by atoms with van der Waals surface area (Å²) < 4.78 is 5.10. The number of carbonyl (C=O) groups excluding carboxylic acids is 1. The van der Waals surface area contributed by atoms with Crippen LogP contribution in [0.4, 0.5) is 0 Å². The summed E-state index contributed by atoms with van der Waals surface area (Å²) in [5.41, 5.74) is 0. The second kappa shape index (κ2) is 6.48. The Morgan fingerprint density at radius 3 is 2.62 bits per heavy atom. The van der Waals surface area contributed by atoms with Gasteiger partial charge in [-0.1, -0.05) is 0 Å². The average Bonchev–Trinajstić information content (AvgIpc) is 2.73. The van der Waals surface area contributed by atoms with E-state index < -0.39 is 5.97 Å². The summed E-state index contributed by atoms with van der Waals surface area (Å²) in [6.07, 6.45) is 1.76. The molecule has 92 valence electrons. The predicted molar refractivity (Wildman–Crippen MR) is 58.0 cm³/mol. The van der Waals surface area contributed by atoms with Gasteiger partial charge < -0.3 is 15.2 Å². The second-order valence-electron chi connectivity index (χ2n) is 4.03. The summed E-state index contributed by atoms with van der Waals surface area (Å²) in [6.45, 7) is 3.55. The van der Waals surface area contributed by atoms with Gasteiger partial charge in [-0.15, -0.1) is 0 Å². The van der Waals surface area contributed by atoms with E-state index in [1.54, 1.807) is 0 Å². The number of aliphatic carboxylic acids is 1. The number of amides is 1. The molecule has 1 fully saturated rings. The fourth-order valence-corrected chi connectivity index (χ4v) is 1.98. The molecule has 0 saturated heterocycles. The first kappa shape index (κ1) is 13.0. The number of hydrogen-bond acceptors (Lipinski definition) is 3. The van der Waals surface area contributed by atoms with Crippen LogP contribution in [0, 0.1) is 11.8 Å². The van der Waals surface area contributed by atoms with Gasteiger partial charge in [-0.3, -0.25) is 9.59 Å². The number of carboxylic acids is 1. The molecule has 0 aliphatic heterocycles. The summed E-state index contributed by atoms with van der Waals surface area (Å²) >= 11 is 0. The van der Waals surface area contributed by atoms with E-state index in [1.807, 2.05) is 6.92 Å². The Morgan fingerprint density at radius 2 is 2.06 bits per heavy atom. The van der Waals surface area contributed by atoms with E-state index in [2.05, 4.69) is 5.32 Å². The number of carbonyl (C=O) groups is 2. The zero-order chi connectivity index (χ0) is 12.0. The molecule has 2 atom stereocenters. The maximum absolute atomic E-state index is 11.6. The van der Waals surface area contributed by atoms with Crippen molar-refractivity contribution in [3.63, 3.8) is 0 Å². The van der Waals surface area contributed by atoms with E-state index in [0.717, 1.165) is 0 Å². The van der Waals surface area contributed by atoms with Crippen LogP contribution in [-0.2, 0) is 14.3 Å². The van der Waals surface area contributed by atoms with Gasteiger partial charge >= 0.3 is 5.97 Å². The Hall–Kier alpha value is -1.10. The molecule has 0 bridgehead atoms. The van der Waals surface area contributed by atoms with Crippen molar-refractivity contribution < 1.29 is 19.4 Å². The van der Waals surface area contributed by atoms with Crippen LogP contribution in [0.5, 0.6) is 0 Å². The third-order valence-electron chi connectivity index (χ3n) is 2.90. The minimum atomic E-state index is -0.787. The van der Waals surface area contributed by atoms with Gasteiger partial charge in [-0.05, 0) is 26.2 Å². The van der Waals surface area contributed by atoms with Crippen molar-refractivity contribution in [2.24, 2.45) is 11.8 Å². The van der Waals surface area contributed by atoms with Gasteiger partial charge in [0.05, 0.1) is 12.5 Å². The van der Waals surface area contributed by atoms with Crippen LogP contribution >= 0.6 is 0 Å². The Balaban J connectivity index is 2.20. The highest BCUT2D eigenvalue weighted by Crippen LogP contribution is 2.30. The van der Waals surface area contributed by atoms with Crippen LogP contribution < -0.4 is 5.32 Å². The molecule has 0 spiro atoms. The van der Waals surface area contributed by atoms with Crippen LogP contribution in [0.2, 0.25) is 0 Å². The molecule has 0 aromatic carbocycles. The third-order valence-corrected chi connectivity index (χ3v) is 2.90. The van der Waals surface area contributed by atoms with Gasteiger partial charge in [-0.2, -0.15) is 0 Å². The van der Waals surface area contributed by atoms with Crippen molar-refractivity contribution in [3.8, 4) is 0 Å². The van der Waals surface area contributed by atoms with Crippen LogP contribution in [0.25, 0.3) is 0 Å². The van der Waals surface area contributed by atoms with Crippen molar-refractivity contribution in [3.05, 3.63) is 0 Å². The fourth-order valence-electron chi connectivity index (χ4n) is 1.98. The van der Waals surface area contributed by atoms with Gasteiger partial charge in [0.15, 0.2) is 0 Å². The highest BCUT2D eigenvalue weighted by Gasteiger charge is 2.33. The minimum Gasteiger partial charge on any atom is -0.481 e. The first-order chi connectivity index (χ1) is 7.65. The van der Waals surface area contributed by atoms with Crippen molar-refractivity contribution in [1.82, 2.24) is 5.32 Å². The molecule has 5 nitrogen and oxygen atoms in total. The molecule has 1 rings (SSSR count). The van der Waals surface area contributed by atoms with Crippen molar-refractivity contribution in [2.75, 3.05) is 19.8 Å². The maximum Gasteiger partial charge on any atom is 0.306 e. The maximum atomic E-state index is 11.6. The van der Waals surface area contributed by atoms with Gasteiger partial charge in [-0.25, -0.2) is 0 Å². The van der Waals surface area contributed by atoms with Gasteiger partial charge in [0.25, 0.3) is 0 Å². The first-order valence-corrected chi connectivity index (χ1v) is 5.73. The largest absolute Gasteiger partial charge is 0.481 e. The third kappa shape index (κ3) is 3.81. The molecule has 0 heterocycles. The summed E-state index contributed by atoms with van der Waals surface area (Å²) in [4.78, 5) is 22.3. The van der Waals surface area contributed by atoms with Gasteiger partial charge in [0.1, 0.15) is 0 Å². The summed E-state index contributed by atoms with van der Waals surface area (Å²) in [5, 5.41) is 11.6. The molecular weight excluding hydrogens is 210 g/mol. The number of rotatable bonds is 6. The van der Waals surface area contributed by atoms with Crippen molar-refractivity contribution in [1.29, 1.82) is 0 Å². The molecule has 0 aromatic rings. The fraction of sp³-hybridized carbons (Fsp3) is 0.818. The van der Waals surface area contributed by atoms with Crippen LogP contribution in [-0.4, -0.2) is 36.7 Å². The lowest BCUT2D eigenvalue weighted by atomic mass is 10.0. The lowest BCUT2D eigenvalue weighted by Gasteiger charge is -2.10. The molecule has 1 aliphatic rings. The molecule has 0 radical (unpaired) electrons. The highest BCUT2D eigenvalue weighted by molar-refractivity contribution is 5.80. The van der Waals surface area contributed by atoms with Gasteiger partial charge in [0.2, 0.25) is 5.91 Å². The van der Waals surface area contributed by atoms with Crippen LogP contribution in [0.3, 0.4) is 0 Å².